The van der Waals surface area contributed by atoms with Crippen LogP contribution in [0.5, 0.6) is 5.75 Å². The Bertz CT molecular complexity index is 1130. The Morgan fingerprint density at radius 1 is 1.22 bits per heavy atom. The lowest BCUT2D eigenvalue weighted by atomic mass is 10.1. The number of aromatic nitrogens is 2. The van der Waals surface area contributed by atoms with Crippen molar-refractivity contribution in [1.82, 2.24) is 14.5 Å². The Labute approximate surface area is 195 Å². The predicted molar refractivity (Wildman–Crippen MR) is 124 cm³/mol. The number of carbonyl (C=O) groups excluding carboxylic acids is 2. The van der Waals surface area contributed by atoms with Crippen LogP contribution in [-0.4, -0.2) is 46.0 Å². The molecular weight excluding hydrogens is 448 g/mol. The first-order valence-corrected chi connectivity index (χ1v) is 11.4. The number of benzene rings is 2. The molecule has 4 rings (SSSR count). The summed E-state index contributed by atoms with van der Waals surface area (Å²) in [6.07, 6.45) is 5.01. The lowest BCUT2D eigenvalue weighted by molar-refractivity contribution is -0.119. The van der Waals surface area contributed by atoms with Crippen molar-refractivity contribution >= 4 is 40.9 Å². The molecule has 1 atom stereocenters. The van der Waals surface area contributed by atoms with E-state index in [0.29, 0.717) is 35.0 Å². The maximum absolute atomic E-state index is 13.2. The molecule has 1 unspecified atom stereocenters. The quantitative estimate of drug-likeness (QED) is 0.575. The number of halogens is 1. The smallest absolute Gasteiger partial charge is 0.258 e. The molecule has 32 heavy (non-hydrogen) atoms. The van der Waals surface area contributed by atoms with E-state index < -0.39 is 6.04 Å². The molecule has 2 heterocycles. The van der Waals surface area contributed by atoms with Gasteiger partial charge in [0.2, 0.25) is 5.91 Å². The molecule has 1 fully saturated rings. The lowest BCUT2D eigenvalue weighted by Gasteiger charge is -2.25. The highest BCUT2D eigenvalue weighted by Gasteiger charge is 2.35. The topological polar surface area (TPSA) is 76.5 Å². The second-order valence-corrected chi connectivity index (χ2v) is 8.91. The van der Waals surface area contributed by atoms with Gasteiger partial charge < -0.3 is 19.5 Å². The predicted octanol–water partition coefficient (Wildman–Crippen LogP) is 4.48. The summed E-state index contributed by atoms with van der Waals surface area (Å²) in [6.45, 7) is 0.506. The van der Waals surface area contributed by atoms with E-state index in [0.717, 1.165) is 16.5 Å². The van der Waals surface area contributed by atoms with Crippen molar-refractivity contribution in [3.8, 4) is 5.75 Å². The number of hydrogen-bond donors (Lipinski definition) is 1. The van der Waals surface area contributed by atoms with Gasteiger partial charge in [0.05, 0.1) is 12.7 Å². The molecule has 1 aliphatic heterocycles. The number of carbonyl (C=O) groups is 2. The SMILES string of the molecule is COc1ccc(Cl)cc1C(=O)N1CCCC1C(=O)Nc1ccc(Sc2nccn2C)cc1. The number of hydrogen-bond acceptors (Lipinski definition) is 5. The fraction of sp³-hybridized carbons (Fsp3) is 0.261. The largest absolute Gasteiger partial charge is 0.496 e. The standard InChI is InChI=1S/C23H23ClN4O3S/c1-27-13-11-25-23(27)32-17-8-6-16(7-9-17)26-21(29)19-4-3-12-28(19)22(30)18-14-15(24)5-10-20(18)31-2/h5-11,13-14,19H,3-4,12H2,1-2H3,(H,26,29). The van der Waals surface area contributed by atoms with Gasteiger partial charge in [-0.25, -0.2) is 4.98 Å². The van der Waals surface area contributed by atoms with Crippen molar-refractivity contribution in [1.29, 1.82) is 0 Å². The number of amides is 2. The Balaban J connectivity index is 1.44. The highest BCUT2D eigenvalue weighted by Crippen LogP contribution is 2.29. The van der Waals surface area contributed by atoms with Crippen LogP contribution in [0.4, 0.5) is 5.69 Å². The summed E-state index contributed by atoms with van der Waals surface area (Å²) in [5.74, 6) is -0.0311. The molecule has 9 heteroatoms. The Kier molecular flexibility index (Phi) is 6.72. The van der Waals surface area contributed by atoms with E-state index in [1.807, 2.05) is 42.1 Å². The maximum Gasteiger partial charge on any atom is 0.258 e. The van der Waals surface area contributed by atoms with Gasteiger partial charge >= 0.3 is 0 Å². The van der Waals surface area contributed by atoms with Crippen molar-refractivity contribution in [2.75, 3.05) is 19.0 Å². The highest BCUT2D eigenvalue weighted by molar-refractivity contribution is 7.99. The number of methoxy groups -OCH3 is 1. The molecule has 7 nitrogen and oxygen atoms in total. The zero-order valence-electron chi connectivity index (χ0n) is 17.7. The van der Waals surface area contributed by atoms with Gasteiger partial charge in [-0.05, 0) is 55.3 Å². The molecule has 2 amide bonds. The summed E-state index contributed by atoms with van der Waals surface area (Å²) >= 11 is 7.63. The van der Waals surface area contributed by atoms with Crippen LogP contribution < -0.4 is 10.1 Å². The van der Waals surface area contributed by atoms with Gasteiger partial charge in [-0.2, -0.15) is 0 Å². The van der Waals surface area contributed by atoms with E-state index in [1.54, 1.807) is 41.1 Å². The van der Waals surface area contributed by atoms with Crippen molar-refractivity contribution in [3.63, 3.8) is 0 Å². The third kappa shape index (κ3) is 4.76. The number of imidazole rings is 1. The third-order valence-electron chi connectivity index (χ3n) is 5.32. The third-order valence-corrected chi connectivity index (χ3v) is 6.64. The number of anilines is 1. The molecule has 0 radical (unpaired) electrons. The maximum atomic E-state index is 13.2. The number of aryl methyl sites for hydroxylation is 1. The van der Waals surface area contributed by atoms with Gasteiger partial charge in [-0.3, -0.25) is 9.59 Å². The Hall–Kier alpha value is -2.97. The normalized spacial score (nSPS) is 15.6. The second-order valence-electron chi connectivity index (χ2n) is 7.44. The molecule has 0 aliphatic carbocycles. The molecule has 1 saturated heterocycles. The fourth-order valence-corrected chi connectivity index (χ4v) is 4.65. The van der Waals surface area contributed by atoms with E-state index in [-0.39, 0.29) is 11.8 Å². The van der Waals surface area contributed by atoms with Gasteiger partial charge in [0.1, 0.15) is 11.8 Å². The minimum Gasteiger partial charge on any atom is -0.496 e. The first-order chi connectivity index (χ1) is 15.5. The molecular formula is C23H23ClN4O3S. The summed E-state index contributed by atoms with van der Waals surface area (Å²) in [5.41, 5.74) is 1.04. The molecule has 0 bridgehead atoms. The summed E-state index contributed by atoms with van der Waals surface area (Å²) in [6, 6.07) is 11.9. The van der Waals surface area contributed by atoms with Gasteiger partial charge in [0, 0.05) is 41.6 Å². The Morgan fingerprint density at radius 2 is 2.00 bits per heavy atom. The molecule has 1 aliphatic rings. The molecule has 1 aromatic heterocycles. The van der Waals surface area contributed by atoms with Crippen LogP contribution >= 0.6 is 23.4 Å². The average molecular weight is 471 g/mol. The second kappa shape index (κ2) is 9.67. The molecule has 0 saturated carbocycles. The zero-order chi connectivity index (χ0) is 22.7. The highest BCUT2D eigenvalue weighted by atomic mass is 35.5. The van der Waals surface area contributed by atoms with Crippen molar-refractivity contribution in [3.05, 3.63) is 65.4 Å². The molecule has 2 aromatic carbocycles. The minimum absolute atomic E-state index is 0.207. The van der Waals surface area contributed by atoms with E-state index in [9.17, 15) is 9.59 Å². The van der Waals surface area contributed by atoms with Crippen LogP contribution in [0.1, 0.15) is 23.2 Å². The van der Waals surface area contributed by atoms with Gasteiger partial charge in [0.15, 0.2) is 5.16 Å². The van der Waals surface area contributed by atoms with Crippen LogP contribution in [0, 0.1) is 0 Å². The zero-order valence-corrected chi connectivity index (χ0v) is 19.3. The van der Waals surface area contributed by atoms with Crippen LogP contribution in [0.15, 0.2) is 64.9 Å². The number of ether oxygens (including phenoxy) is 1. The van der Waals surface area contributed by atoms with E-state index in [2.05, 4.69) is 10.3 Å². The average Bonchev–Trinajstić information content (AvgIpc) is 3.44. The van der Waals surface area contributed by atoms with Crippen molar-refractivity contribution < 1.29 is 14.3 Å². The van der Waals surface area contributed by atoms with Crippen molar-refractivity contribution in [2.24, 2.45) is 7.05 Å². The summed E-state index contributed by atoms with van der Waals surface area (Å²) in [5, 5.41) is 4.27. The van der Waals surface area contributed by atoms with Crippen LogP contribution in [-0.2, 0) is 11.8 Å². The summed E-state index contributed by atoms with van der Waals surface area (Å²) < 4.78 is 7.26. The van der Waals surface area contributed by atoms with Gasteiger partial charge in [0.25, 0.3) is 5.91 Å². The molecule has 1 N–H and O–H groups in total. The van der Waals surface area contributed by atoms with E-state index in [4.69, 9.17) is 16.3 Å². The van der Waals surface area contributed by atoms with Crippen LogP contribution in [0.3, 0.4) is 0 Å². The first kappa shape index (κ1) is 22.2. The first-order valence-electron chi connectivity index (χ1n) is 10.2. The van der Waals surface area contributed by atoms with Crippen molar-refractivity contribution in [2.45, 2.75) is 28.9 Å². The number of nitrogens with one attached hydrogen (secondary N) is 1. The number of nitrogens with zero attached hydrogens (tertiary/aromatic N) is 3. The number of likely N-dealkylation sites (tertiary alicyclic amines) is 1. The summed E-state index contributed by atoms with van der Waals surface area (Å²) in [7, 11) is 3.45. The van der Waals surface area contributed by atoms with Crippen LogP contribution in [0.25, 0.3) is 0 Å². The minimum atomic E-state index is -0.548. The van der Waals surface area contributed by atoms with E-state index >= 15 is 0 Å². The fourth-order valence-electron chi connectivity index (χ4n) is 3.67. The number of rotatable bonds is 6. The monoisotopic (exact) mass is 470 g/mol. The molecule has 166 valence electrons. The van der Waals surface area contributed by atoms with Gasteiger partial charge in [-0.1, -0.05) is 23.4 Å². The Morgan fingerprint density at radius 3 is 2.69 bits per heavy atom. The molecule has 0 spiro atoms. The van der Waals surface area contributed by atoms with Gasteiger partial charge in [-0.15, -0.1) is 0 Å². The molecule has 3 aromatic rings. The summed E-state index contributed by atoms with van der Waals surface area (Å²) in [4.78, 5) is 33.1. The van der Waals surface area contributed by atoms with Crippen LogP contribution in [0.2, 0.25) is 5.02 Å². The lowest BCUT2D eigenvalue weighted by Crippen LogP contribution is -2.43. The van der Waals surface area contributed by atoms with E-state index in [1.165, 1.54) is 7.11 Å².